The molecular formula is C21H41N. The summed E-state index contributed by atoms with van der Waals surface area (Å²) in [6, 6.07) is 1.56. The molecule has 0 aliphatic carbocycles. The van der Waals surface area contributed by atoms with E-state index in [0.717, 1.165) is 12.1 Å². The van der Waals surface area contributed by atoms with E-state index < -0.39 is 0 Å². The van der Waals surface area contributed by atoms with Crippen LogP contribution in [0.25, 0.3) is 0 Å². The molecule has 1 fully saturated rings. The van der Waals surface area contributed by atoms with Gasteiger partial charge in [0.15, 0.2) is 0 Å². The van der Waals surface area contributed by atoms with Crippen LogP contribution in [0.4, 0.5) is 0 Å². The third kappa shape index (κ3) is 11.3. The standard InChI is InChI=1S/C21H41N/c1-3-4-5-6-7-8-9-10-11-12-13-14-15-18-21-19-16-17-20(2)22-21/h11-12,20-22H,3-10,13-19H2,1-2H3/b12-11-/t20-,21-/m0/s1. The van der Waals surface area contributed by atoms with E-state index in [0.29, 0.717) is 0 Å². The third-order valence-electron chi connectivity index (χ3n) is 5.02. The Morgan fingerprint density at radius 1 is 0.818 bits per heavy atom. The molecule has 2 atom stereocenters. The van der Waals surface area contributed by atoms with Crippen LogP contribution in [0.15, 0.2) is 12.2 Å². The van der Waals surface area contributed by atoms with Crippen LogP contribution in [0.3, 0.4) is 0 Å². The van der Waals surface area contributed by atoms with Crippen LogP contribution >= 0.6 is 0 Å². The number of unbranched alkanes of at least 4 members (excludes halogenated alkanes) is 9. The van der Waals surface area contributed by atoms with Crippen molar-refractivity contribution >= 4 is 0 Å². The van der Waals surface area contributed by atoms with Crippen molar-refractivity contribution in [2.75, 3.05) is 0 Å². The molecule has 0 amide bonds. The number of nitrogens with one attached hydrogen (secondary N) is 1. The molecular weight excluding hydrogens is 266 g/mol. The van der Waals surface area contributed by atoms with Gasteiger partial charge in [-0.2, -0.15) is 0 Å². The summed E-state index contributed by atoms with van der Waals surface area (Å²) in [4.78, 5) is 0. The van der Waals surface area contributed by atoms with Gasteiger partial charge in [0.25, 0.3) is 0 Å². The zero-order valence-electron chi connectivity index (χ0n) is 15.4. The highest BCUT2D eigenvalue weighted by Crippen LogP contribution is 2.17. The number of rotatable bonds is 13. The fourth-order valence-electron chi connectivity index (χ4n) is 3.58. The molecule has 1 rings (SSSR count). The van der Waals surface area contributed by atoms with E-state index >= 15 is 0 Å². The second-order valence-corrected chi connectivity index (χ2v) is 7.36. The van der Waals surface area contributed by atoms with Gasteiger partial charge < -0.3 is 5.32 Å². The van der Waals surface area contributed by atoms with Crippen LogP contribution < -0.4 is 5.32 Å². The summed E-state index contributed by atoms with van der Waals surface area (Å²) < 4.78 is 0. The van der Waals surface area contributed by atoms with E-state index in [1.54, 1.807) is 0 Å². The summed E-state index contributed by atoms with van der Waals surface area (Å²) >= 11 is 0. The third-order valence-corrected chi connectivity index (χ3v) is 5.02. The largest absolute Gasteiger partial charge is 0.312 e. The molecule has 0 spiro atoms. The lowest BCUT2D eigenvalue weighted by Crippen LogP contribution is -2.40. The lowest BCUT2D eigenvalue weighted by atomic mass is 9.95. The minimum absolute atomic E-state index is 0.751. The van der Waals surface area contributed by atoms with Crippen molar-refractivity contribution < 1.29 is 0 Å². The minimum atomic E-state index is 0.751. The number of hydrogen-bond donors (Lipinski definition) is 1. The normalized spacial score (nSPS) is 22.5. The van der Waals surface area contributed by atoms with Gasteiger partial charge in [-0.1, -0.05) is 70.4 Å². The van der Waals surface area contributed by atoms with Gasteiger partial charge in [0.05, 0.1) is 0 Å². The summed E-state index contributed by atoms with van der Waals surface area (Å²) in [5, 5.41) is 3.74. The van der Waals surface area contributed by atoms with E-state index in [-0.39, 0.29) is 0 Å². The van der Waals surface area contributed by atoms with Gasteiger partial charge in [0.1, 0.15) is 0 Å². The second-order valence-electron chi connectivity index (χ2n) is 7.36. The Morgan fingerprint density at radius 2 is 1.45 bits per heavy atom. The van der Waals surface area contributed by atoms with E-state index in [1.165, 1.54) is 96.3 Å². The zero-order chi connectivity index (χ0) is 15.9. The fourth-order valence-corrected chi connectivity index (χ4v) is 3.58. The van der Waals surface area contributed by atoms with Gasteiger partial charge in [0, 0.05) is 12.1 Å². The summed E-state index contributed by atoms with van der Waals surface area (Å²) in [6.07, 6.45) is 25.7. The van der Waals surface area contributed by atoms with Crippen LogP contribution in [-0.4, -0.2) is 12.1 Å². The summed E-state index contributed by atoms with van der Waals surface area (Å²) in [7, 11) is 0. The average molecular weight is 308 g/mol. The molecule has 0 aromatic carbocycles. The van der Waals surface area contributed by atoms with Gasteiger partial charge in [-0.05, 0) is 51.9 Å². The van der Waals surface area contributed by atoms with Crippen molar-refractivity contribution in [2.24, 2.45) is 0 Å². The highest BCUT2D eigenvalue weighted by atomic mass is 15.0. The minimum Gasteiger partial charge on any atom is -0.312 e. The Balaban J connectivity index is 1.80. The van der Waals surface area contributed by atoms with Crippen molar-refractivity contribution in [1.29, 1.82) is 0 Å². The maximum absolute atomic E-state index is 3.74. The molecule has 130 valence electrons. The molecule has 1 saturated heterocycles. The van der Waals surface area contributed by atoms with E-state index in [1.807, 2.05) is 0 Å². The predicted octanol–water partition coefficient (Wildman–Crippen LogP) is 6.77. The van der Waals surface area contributed by atoms with Crippen molar-refractivity contribution in [3.63, 3.8) is 0 Å². The van der Waals surface area contributed by atoms with Gasteiger partial charge in [-0.15, -0.1) is 0 Å². The molecule has 22 heavy (non-hydrogen) atoms. The zero-order valence-corrected chi connectivity index (χ0v) is 15.4. The molecule has 1 heteroatoms. The van der Waals surface area contributed by atoms with E-state index in [2.05, 4.69) is 31.3 Å². The second kappa shape index (κ2) is 14.3. The molecule has 1 aliphatic heterocycles. The van der Waals surface area contributed by atoms with E-state index in [4.69, 9.17) is 0 Å². The summed E-state index contributed by atoms with van der Waals surface area (Å²) in [6.45, 7) is 4.62. The van der Waals surface area contributed by atoms with Crippen molar-refractivity contribution in [2.45, 2.75) is 122 Å². The van der Waals surface area contributed by atoms with E-state index in [9.17, 15) is 0 Å². The van der Waals surface area contributed by atoms with Crippen molar-refractivity contribution in [1.82, 2.24) is 5.32 Å². The highest BCUT2D eigenvalue weighted by molar-refractivity contribution is 4.82. The summed E-state index contributed by atoms with van der Waals surface area (Å²) in [5.41, 5.74) is 0. The smallest absolute Gasteiger partial charge is 0.00695 e. The first kappa shape index (κ1) is 19.7. The molecule has 1 N–H and O–H groups in total. The Labute approximate surface area is 140 Å². The number of piperidine rings is 1. The van der Waals surface area contributed by atoms with Crippen LogP contribution in [-0.2, 0) is 0 Å². The first-order valence-electron chi connectivity index (χ1n) is 10.2. The van der Waals surface area contributed by atoms with Gasteiger partial charge in [-0.25, -0.2) is 0 Å². The van der Waals surface area contributed by atoms with Gasteiger partial charge in [0.2, 0.25) is 0 Å². The maximum atomic E-state index is 3.74. The average Bonchev–Trinajstić information content (AvgIpc) is 2.52. The van der Waals surface area contributed by atoms with Crippen molar-refractivity contribution in [3.05, 3.63) is 12.2 Å². The lowest BCUT2D eigenvalue weighted by Gasteiger charge is -2.28. The number of hydrogen-bond acceptors (Lipinski definition) is 1. The Kier molecular flexibility index (Phi) is 12.8. The molecule has 0 radical (unpaired) electrons. The fraction of sp³-hybridized carbons (Fsp3) is 0.905. The summed E-state index contributed by atoms with van der Waals surface area (Å²) in [5.74, 6) is 0. The monoisotopic (exact) mass is 307 g/mol. The molecule has 0 aromatic rings. The molecule has 0 bridgehead atoms. The highest BCUT2D eigenvalue weighted by Gasteiger charge is 2.16. The molecule has 1 aliphatic rings. The molecule has 0 saturated carbocycles. The quantitative estimate of drug-likeness (QED) is 0.292. The topological polar surface area (TPSA) is 12.0 Å². The molecule has 0 unspecified atom stereocenters. The maximum Gasteiger partial charge on any atom is 0.00695 e. The Bertz CT molecular complexity index is 259. The first-order chi connectivity index (χ1) is 10.8. The molecule has 1 nitrogen and oxygen atoms in total. The van der Waals surface area contributed by atoms with Crippen LogP contribution in [0.5, 0.6) is 0 Å². The van der Waals surface area contributed by atoms with Gasteiger partial charge in [-0.3, -0.25) is 0 Å². The first-order valence-corrected chi connectivity index (χ1v) is 10.2. The van der Waals surface area contributed by atoms with Gasteiger partial charge >= 0.3 is 0 Å². The van der Waals surface area contributed by atoms with Crippen LogP contribution in [0.1, 0.15) is 110 Å². The Morgan fingerprint density at radius 3 is 2.14 bits per heavy atom. The number of allylic oxidation sites excluding steroid dienone is 2. The lowest BCUT2D eigenvalue weighted by molar-refractivity contribution is 0.316. The molecule has 1 heterocycles. The molecule has 0 aromatic heterocycles. The Hall–Kier alpha value is -0.300. The predicted molar refractivity (Wildman–Crippen MR) is 100 cm³/mol. The van der Waals surface area contributed by atoms with Crippen LogP contribution in [0, 0.1) is 0 Å². The van der Waals surface area contributed by atoms with Crippen molar-refractivity contribution in [3.8, 4) is 0 Å². The SMILES string of the molecule is CCCCCCCCC/C=C\CCCC[C@H]1CCC[C@H](C)N1. The van der Waals surface area contributed by atoms with Crippen LogP contribution in [0.2, 0.25) is 0 Å².